The maximum Gasteiger partial charge on any atom is 0.142 e. The summed E-state index contributed by atoms with van der Waals surface area (Å²) in [6.45, 7) is 4.18. The number of aryl methyl sites for hydroxylation is 3. The Labute approximate surface area is 138 Å². The highest BCUT2D eigenvalue weighted by Gasteiger charge is 2.24. The van der Waals surface area contributed by atoms with E-state index in [0.717, 1.165) is 33.1 Å². The number of fused-ring (bicyclic) bond motifs is 3. The molecule has 0 aromatic carbocycles. The summed E-state index contributed by atoms with van der Waals surface area (Å²) in [6, 6.07) is 0. The van der Waals surface area contributed by atoms with Gasteiger partial charge in [-0.2, -0.15) is 0 Å². The van der Waals surface area contributed by atoms with Crippen LogP contribution >= 0.6 is 35.3 Å². The predicted octanol–water partition coefficient (Wildman–Crippen LogP) is 3.96. The molecule has 0 atom stereocenters. The van der Waals surface area contributed by atoms with E-state index < -0.39 is 0 Å². The van der Waals surface area contributed by atoms with Gasteiger partial charge in [-0.3, -0.25) is 0 Å². The highest BCUT2D eigenvalue weighted by Crippen LogP contribution is 2.41. The van der Waals surface area contributed by atoms with Gasteiger partial charge >= 0.3 is 0 Å². The predicted molar refractivity (Wildman–Crippen MR) is 93.4 cm³/mol. The van der Waals surface area contributed by atoms with E-state index in [1.807, 2.05) is 18.3 Å². The lowest BCUT2D eigenvalue weighted by Gasteiger charge is -2.17. The Hall–Kier alpha value is -0.720. The van der Waals surface area contributed by atoms with Crippen molar-refractivity contribution in [2.24, 2.45) is 0 Å². The van der Waals surface area contributed by atoms with Crippen molar-refractivity contribution >= 4 is 49.9 Å². The zero-order chi connectivity index (χ0) is 14.4. The zero-order valence-corrected chi connectivity index (χ0v) is 14.5. The van der Waals surface area contributed by atoms with Crippen molar-refractivity contribution in [3.8, 4) is 0 Å². The minimum atomic E-state index is 0.856. The maximum absolute atomic E-state index is 5.64. The fourth-order valence-corrected chi connectivity index (χ4v) is 5.95. The van der Waals surface area contributed by atoms with Crippen LogP contribution < -0.4 is 0 Å². The van der Waals surface area contributed by atoms with Gasteiger partial charge in [-0.1, -0.05) is 12.2 Å². The molecule has 0 amide bonds. The fraction of sp³-hybridized carbons (Fsp3) is 0.533. The lowest BCUT2D eigenvalue weighted by molar-refractivity contribution is 0.539. The van der Waals surface area contributed by atoms with Crippen LogP contribution in [-0.2, 0) is 12.8 Å². The molecular formula is C15H17N3S3. The van der Waals surface area contributed by atoms with Crippen molar-refractivity contribution in [1.29, 1.82) is 0 Å². The Bertz CT molecular complexity index is 717. The highest BCUT2D eigenvalue weighted by atomic mass is 32.2. The van der Waals surface area contributed by atoms with E-state index in [1.54, 1.807) is 11.8 Å². The van der Waals surface area contributed by atoms with Gasteiger partial charge in [0.05, 0.1) is 0 Å². The second-order valence-electron chi connectivity index (χ2n) is 5.68. The van der Waals surface area contributed by atoms with Crippen LogP contribution in [0.3, 0.4) is 0 Å². The SMILES string of the molecule is Cc1nc(SC(=S)N2CCCC2)c2c3c(sc2n1)CCC3. The standard InChI is InChI=1S/C15H17N3S3/c1-9-16-13-12(10-5-4-6-11(10)20-13)14(17-9)21-15(19)18-7-2-3-8-18/h2-8H2,1H3. The lowest BCUT2D eigenvalue weighted by Crippen LogP contribution is -2.23. The molecule has 0 N–H and O–H groups in total. The van der Waals surface area contributed by atoms with Crippen molar-refractivity contribution in [1.82, 2.24) is 14.9 Å². The Morgan fingerprint density at radius 3 is 2.81 bits per heavy atom. The van der Waals surface area contributed by atoms with E-state index in [9.17, 15) is 0 Å². The van der Waals surface area contributed by atoms with Gasteiger partial charge in [0.25, 0.3) is 0 Å². The summed E-state index contributed by atoms with van der Waals surface area (Å²) in [7, 11) is 0. The van der Waals surface area contributed by atoms with Gasteiger partial charge in [0.15, 0.2) is 0 Å². The van der Waals surface area contributed by atoms with Crippen molar-refractivity contribution < 1.29 is 0 Å². The molecule has 2 aromatic heterocycles. The minimum absolute atomic E-state index is 0.856. The maximum atomic E-state index is 5.64. The summed E-state index contributed by atoms with van der Waals surface area (Å²) in [5.41, 5.74) is 1.49. The summed E-state index contributed by atoms with van der Waals surface area (Å²) in [6.07, 6.45) is 6.16. The summed E-state index contributed by atoms with van der Waals surface area (Å²) >= 11 is 9.16. The van der Waals surface area contributed by atoms with E-state index in [0.29, 0.717) is 0 Å². The number of thiophene rings is 1. The van der Waals surface area contributed by atoms with Crippen LogP contribution in [0, 0.1) is 6.92 Å². The molecule has 0 spiro atoms. The molecule has 1 saturated heterocycles. The number of hydrogen-bond donors (Lipinski definition) is 0. The second kappa shape index (κ2) is 5.48. The largest absolute Gasteiger partial charge is 0.357 e. The van der Waals surface area contributed by atoms with Crippen LogP contribution in [0.25, 0.3) is 10.2 Å². The molecule has 0 saturated carbocycles. The molecule has 3 heterocycles. The molecule has 0 radical (unpaired) electrons. The molecule has 2 aromatic rings. The number of thiocarbonyl (C=S) groups is 1. The van der Waals surface area contributed by atoms with Gasteiger partial charge in [0.2, 0.25) is 0 Å². The van der Waals surface area contributed by atoms with Crippen LogP contribution in [0.2, 0.25) is 0 Å². The monoisotopic (exact) mass is 335 g/mol. The van der Waals surface area contributed by atoms with Crippen LogP contribution in [0.4, 0.5) is 0 Å². The third-order valence-electron chi connectivity index (χ3n) is 4.19. The van der Waals surface area contributed by atoms with Gasteiger partial charge in [0, 0.05) is 23.4 Å². The van der Waals surface area contributed by atoms with Crippen LogP contribution in [-0.4, -0.2) is 32.3 Å². The molecule has 6 heteroatoms. The normalized spacial score (nSPS) is 17.7. The number of nitrogens with zero attached hydrogens (tertiary/aromatic N) is 3. The Morgan fingerprint density at radius 1 is 1.19 bits per heavy atom. The molecule has 1 fully saturated rings. The summed E-state index contributed by atoms with van der Waals surface area (Å²) in [5, 5.41) is 2.36. The highest BCUT2D eigenvalue weighted by molar-refractivity contribution is 8.23. The first-order valence-electron chi connectivity index (χ1n) is 7.48. The molecule has 1 aliphatic heterocycles. The number of hydrogen-bond acceptors (Lipinski definition) is 5. The lowest BCUT2D eigenvalue weighted by atomic mass is 10.2. The summed E-state index contributed by atoms with van der Waals surface area (Å²) in [4.78, 5) is 14.3. The zero-order valence-electron chi connectivity index (χ0n) is 12.0. The van der Waals surface area contributed by atoms with Gasteiger partial charge in [-0.05, 0) is 56.4 Å². The van der Waals surface area contributed by atoms with Crippen molar-refractivity contribution in [2.45, 2.75) is 44.1 Å². The molecule has 0 unspecified atom stereocenters. The van der Waals surface area contributed by atoms with Gasteiger partial charge in [0.1, 0.15) is 20.0 Å². The average Bonchev–Trinajstić information content (AvgIpc) is 3.14. The molecular weight excluding hydrogens is 318 g/mol. The van der Waals surface area contributed by atoms with E-state index >= 15 is 0 Å². The van der Waals surface area contributed by atoms with Crippen LogP contribution in [0.1, 0.15) is 35.5 Å². The van der Waals surface area contributed by atoms with Crippen LogP contribution in [0.5, 0.6) is 0 Å². The number of aromatic nitrogens is 2. The first kappa shape index (κ1) is 13.9. The summed E-state index contributed by atoms with van der Waals surface area (Å²) < 4.78 is 0.977. The number of rotatable bonds is 1. The number of thioether (sulfide) groups is 1. The van der Waals surface area contributed by atoms with E-state index in [-0.39, 0.29) is 0 Å². The first-order valence-corrected chi connectivity index (χ1v) is 9.52. The van der Waals surface area contributed by atoms with Gasteiger partial charge < -0.3 is 4.90 Å². The van der Waals surface area contributed by atoms with Gasteiger partial charge in [-0.25, -0.2) is 9.97 Å². The Morgan fingerprint density at radius 2 is 2.00 bits per heavy atom. The topological polar surface area (TPSA) is 29.0 Å². The second-order valence-corrected chi connectivity index (χ2v) is 8.38. The minimum Gasteiger partial charge on any atom is -0.357 e. The van der Waals surface area contributed by atoms with Crippen molar-refractivity contribution in [3.63, 3.8) is 0 Å². The molecule has 3 nitrogen and oxygen atoms in total. The summed E-state index contributed by atoms with van der Waals surface area (Å²) in [5.74, 6) is 0.856. The van der Waals surface area contributed by atoms with Crippen LogP contribution in [0.15, 0.2) is 5.03 Å². The van der Waals surface area contributed by atoms with E-state index in [2.05, 4.69) is 9.88 Å². The quantitative estimate of drug-likeness (QED) is 0.447. The molecule has 4 rings (SSSR count). The number of likely N-dealkylation sites (tertiary alicyclic amines) is 1. The smallest absolute Gasteiger partial charge is 0.142 e. The average molecular weight is 336 g/mol. The molecule has 0 bridgehead atoms. The molecule has 110 valence electrons. The third-order valence-corrected chi connectivity index (χ3v) is 6.81. The van der Waals surface area contributed by atoms with E-state index in [1.165, 1.54) is 47.9 Å². The molecule has 2 aliphatic rings. The molecule has 21 heavy (non-hydrogen) atoms. The van der Waals surface area contributed by atoms with Crippen molar-refractivity contribution in [3.05, 3.63) is 16.3 Å². The first-order chi connectivity index (χ1) is 10.2. The fourth-order valence-electron chi connectivity index (χ4n) is 3.18. The van der Waals surface area contributed by atoms with Gasteiger partial charge in [-0.15, -0.1) is 11.3 Å². The third kappa shape index (κ3) is 2.47. The molecule has 1 aliphatic carbocycles. The Balaban J connectivity index is 1.74. The van der Waals surface area contributed by atoms with Crippen molar-refractivity contribution in [2.75, 3.05) is 13.1 Å². The van der Waals surface area contributed by atoms with E-state index in [4.69, 9.17) is 17.2 Å². The Kier molecular flexibility index (Phi) is 3.63.